The van der Waals surface area contributed by atoms with E-state index in [-0.39, 0.29) is 18.1 Å². The number of halogens is 2. The molecule has 172 valence electrons. The summed E-state index contributed by atoms with van der Waals surface area (Å²) in [5.74, 6) is -0.376. The molecule has 8 heteroatoms. The lowest BCUT2D eigenvalue weighted by Gasteiger charge is -2.12. The number of amides is 2. The first kappa shape index (κ1) is 25.2. The molecule has 0 atom stereocenters. The van der Waals surface area contributed by atoms with Crippen LogP contribution in [0.2, 0.25) is 0 Å². The highest BCUT2D eigenvalue weighted by Gasteiger charge is 2.14. The van der Waals surface area contributed by atoms with Crippen LogP contribution in [0.15, 0.2) is 75.2 Å². The van der Waals surface area contributed by atoms with Gasteiger partial charge in [-0.05, 0) is 105 Å². The maximum absolute atomic E-state index is 12.5. The van der Waals surface area contributed by atoms with Gasteiger partial charge in [0.15, 0.2) is 6.61 Å². The van der Waals surface area contributed by atoms with Gasteiger partial charge in [0.05, 0.1) is 8.95 Å². The van der Waals surface area contributed by atoms with Crippen LogP contribution in [0.25, 0.3) is 6.08 Å². The van der Waals surface area contributed by atoms with Gasteiger partial charge in [-0.1, -0.05) is 24.3 Å². The van der Waals surface area contributed by atoms with Crippen molar-refractivity contribution in [3.05, 3.63) is 91.9 Å². The summed E-state index contributed by atoms with van der Waals surface area (Å²) < 4.78 is 6.82. The minimum Gasteiger partial charge on any atom is -0.481 e. The average Bonchev–Trinajstić information content (AvgIpc) is 2.80. The number of aryl methyl sites for hydroxylation is 2. The van der Waals surface area contributed by atoms with E-state index in [1.807, 2.05) is 44.2 Å². The second-order valence-electron chi connectivity index (χ2n) is 7.44. The molecular weight excluding hydrogens is 562 g/mol. The average molecular weight is 583 g/mol. The molecule has 0 aliphatic carbocycles. The Kier molecular flexibility index (Phi) is 8.63. The number of benzene rings is 3. The highest BCUT2D eigenvalue weighted by Crippen LogP contribution is 2.35. The van der Waals surface area contributed by atoms with Crippen molar-refractivity contribution in [1.82, 2.24) is 0 Å². The summed E-state index contributed by atoms with van der Waals surface area (Å²) in [5.41, 5.74) is 4.08. The van der Waals surface area contributed by atoms with Crippen LogP contribution in [0.5, 0.6) is 5.75 Å². The summed E-state index contributed by atoms with van der Waals surface area (Å²) in [4.78, 5) is 24.8. The van der Waals surface area contributed by atoms with E-state index in [0.717, 1.165) is 11.1 Å². The van der Waals surface area contributed by atoms with Gasteiger partial charge in [0.1, 0.15) is 17.4 Å². The number of para-hydroxylation sites is 1. The van der Waals surface area contributed by atoms with Crippen molar-refractivity contribution in [2.75, 3.05) is 17.2 Å². The highest BCUT2D eigenvalue weighted by molar-refractivity contribution is 9.11. The van der Waals surface area contributed by atoms with E-state index in [1.165, 1.54) is 6.08 Å². The summed E-state index contributed by atoms with van der Waals surface area (Å²) in [6.07, 6.45) is 1.48. The highest BCUT2D eigenvalue weighted by atomic mass is 79.9. The molecule has 3 aromatic carbocycles. The number of nitriles is 1. The Labute approximate surface area is 214 Å². The lowest BCUT2D eigenvalue weighted by Crippen LogP contribution is -2.20. The van der Waals surface area contributed by atoms with E-state index in [9.17, 15) is 14.9 Å². The largest absolute Gasteiger partial charge is 0.481 e. The predicted octanol–water partition coefficient (Wildman–Crippen LogP) is 6.39. The van der Waals surface area contributed by atoms with Crippen molar-refractivity contribution in [2.45, 2.75) is 13.8 Å². The van der Waals surface area contributed by atoms with Gasteiger partial charge in [-0.15, -0.1) is 0 Å². The standard InChI is InChI=1S/C26H21Br2N3O3/c1-16-8-9-21(10-17(16)2)30-24(32)15-34-25-22(27)12-18(13-23(25)28)11-19(14-29)26(33)31-20-6-4-3-5-7-20/h3-13H,15H2,1-2H3,(H,30,32)(H,31,33)/b19-11+. The molecule has 0 radical (unpaired) electrons. The van der Waals surface area contributed by atoms with Gasteiger partial charge in [0.2, 0.25) is 0 Å². The van der Waals surface area contributed by atoms with Crippen LogP contribution >= 0.6 is 31.9 Å². The van der Waals surface area contributed by atoms with E-state index in [0.29, 0.717) is 31.6 Å². The quantitative estimate of drug-likeness (QED) is 0.249. The monoisotopic (exact) mass is 581 g/mol. The number of carbonyl (C=O) groups is 2. The summed E-state index contributed by atoms with van der Waals surface area (Å²) in [6, 6.07) is 19.9. The molecule has 0 bridgehead atoms. The first-order valence-corrected chi connectivity index (χ1v) is 11.8. The molecule has 0 heterocycles. The summed E-state index contributed by atoms with van der Waals surface area (Å²) in [5, 5.41) is 15.0. The molecule has 0 aliphatic rings. The van der Waals surface area contributed by atoms with Gasteiger partial charge in [0, 0.05) is 11.4 Å². The molecule has 3 aromatic rings. The normalized spacial score (nSPS) is 10.9. The predicted molar refractivity (Wildman–Crippen MR) is 141 cm³/mol. The van der Waals surface area contributed by atoms with E-state index >= 15 is 0 Å². The minimum absolute atomic E-state index is 0.0518. The second-order valence-corrected chi connectivity index (χ2v) is 9.15. The fourth-order valence-corrected chi connectivity index (χ4v) is 4.44. The molecular formula is C26H21Br2N3O3. The van der Waals surface area contributed by atoms with Crippen molar-refractivity contribution >= 4 is 61.1 Å². The molecule has 0 aliphatic heterocycles. The zero-order chi connectivity index (χ0) is 24.7. The molecule has 2 amide bonds. The van der Waals surface area contributed by atoms with Gasteiger partial charge in [0.25, 0.3) is 11.8 Å². The Bertz CT molecular complexity index is 1280. The van der Waals surface area contributed by atoms with Crippen LogP contribution in [-0.4, -0.2) is 18.4 Å². The number of nitrogens with zero attached hydrogens (tertiary/aromatic N) is 1. The van der Waals surface area contributed by atoms with Gasteiger partial charge in [-0.3, -0.25) is 9.59 Å². The van der Waals surface area contributed by atoms with Crippen molar-refractivity contribution in [3.8, 4) is 11.8 Å². The van der Waals surface area contributed by atoms with Crippen molar-refractivity contribution in [1.29, 1.82) is 5.26 Å². The van der Waals surface area contributed by atoms with Crippen molar-refractivity contribution in [2.24, 2.45) is 0 Å². The number of ether oxygens (including phenoxy) is 1. The minimum atomic E-state index is -0.510. The maximum Gasteiger partial charge on any atom is 0.266 e. The number of nitrogens with one attached hydrogen (secondary N) is 2. The van der Waals surface area contributed by atoms with Crippen LogP contribution in [-0.2, 0) is 9.59 Å². The van der Waals surface area contributed by atoms with E-state index in [2.05, 4.69) is 42.5 Å². The maximum atomic E-state index is 12.5. The van der Waals surface area contributed by atoms with Gasteiger partial charge in [-0.25, -0.2) is 0 Å². The van der Waals surface area contributed by atoms with Gasteiger partial charge < -0.3 is 15.4 Å². The van der Waals surface area contributed by atoms with Crippen molar-refractivity contribution < 1.29 is 14.3 Å². The number of carbonyl (C=O) groups excluding carboxylic acids is 2. The van der Waals surface area contributed by atoms with Crippen LogP contribution in [0.3, 0.4) is 0 Å². The fourth-order valence-electron chi connectivity index (χ4n) is 2.99. The van der Waals surface area contributed by atoms with E-state index < -0.39 is 5.91 Å². The molecule has 0 aromatic heterocycles. The molecule has 0 fully saturated rings. The molecule has 0 saturated heterocycles. The van der Waals surface area contributed by atoms with Crippen LogP contribution < -0.4 is 15.4 Å². The van der Waals surface area contributed by atoms with Crippen molar-refractivity contribution in [3.63, 3.8) is 0 Å². The Morgan fingerprint density at radius 2 is 1.62 bits per heavy atom. The van der Waals surface area contributed by atoms with Crippen LogP contribution in [0.1, 0.15) is 16.7 Å². The van der Waals surface area contributed by atoms with Gasteiger partial charge >= 0.3 is 0 Å². The Hall–Kier alpha value is -3.41. The summed E-state index contributed by atoms with van der Waals surface area (Å²) in [7, 11) is 0. The first-order chi connectivity index (χ1) is 16.3. The third-order valence-electron chi connectivity index (χ3n) is 4.87. The lowest BCUT2D eigenvalue weighted by atomic mass is 10.1. The lowest BCUT2D eigenvalue weighted by molar-refractivity contribution is -0.118. The van der Waals surface area contributed by atoms with E-state index in [1.54, 1.807) is 36.4 Å². The van der Waals surface area contributed by atoms with E-state index in [4.69, 9.17) is 4.74 Å². The zero-order valence-corrected chi connectivity index (χ0v) is 21.7. The Balaban J connectivity index is 1.68. The number of hydrogen-bond donors (Lipinski definition) is 2. The molecule has 0 unspecified atom stereocenters. The van der Waals surface area contributed by atoms with Crippen LogP contribution in [0.4, 0.5) is 11.4 Å². The third-order valence-corrected chi connectivity index (χ3v) is 6.04. The number of rotatable bonds is 7. The number of hydrogen-bond acceptors (Lipinski definition) is 4. The SMILES string of the molecule is Cc1ccc(NC(=O)COc2c(Br)cc(/C=C(\C#N)C(=O)Nc3ccccc3)cc2Br)cc1C. The second kappa shape index (κ2) is 11.6. The molecule has 0 spiro atoms. The topological polar surface area (TPSA) is 91.2 Å². The Morgan fingerprint density at radius 3 is 2.24 bits per heavy atom. The van der Waals surface area contributed by atoms with Crippen LogP contribution in [0, 0.1) is 25.2 Å². The summed E-state index contributed by atoms with van der Waals surface area (Å²) >= 11 is 6.87. The first-order valence-electron chi connectivity index (χ1n) is 10.2. The number of anilines is 2. The third kappa shape index (κ3) is 6.80. The molecule has 0 saturated carbocycles. The molecule has 2 N–H and O–H groups in total. The Morgan fingerprint density at radius 1 is 0.941 bits per heavy atom. The summed E-state index contributed by atoms with van der Waals surface area (Å²) in [6.45, 7) is 3.80. The molecule has 34 heavy (non-hydrogen) atoms. The van der Waals surface area contributed by atoms with Gasteiger partial charge in [-0.2, -0.15) is 5.26 Å². The zero-order valence-electron chi connectivity index (χ0n) is 18.5. The molecule has 3 rings (SSSR count). The fraction of sp³-hybridized carbons (Fsp3) is 0.115. The smallest absolute Gasteiger partial charge is 0.266 e. The molecule has 6 nitrogen and oxygen atoms in total.